The van der Waals surface area contributed by atoms with Gasteiger partial charge in [0.25, 0.3) is 5.78 Å². The number of Topliss-reactive ketones (excluding diaryl/α,β-unsaturated/α-hetero) is 1. The van der Waals surface area contributed by atoms with E-state index in [-0.39, 0.29) is 22.3 Å². The third-order valence-electron chi connectivity index (χ3n) is 6.35. The first-order valence-corrected chi connectivity index (χ1v) is 14.5. The van der Waals surface area contributed by atoms with Crippen LogP contribution in [0.25, 0.3) is 5.76 Å². The fourth-order valence-electron chi connectivity index (χ4n) is 4.29. The first-order chi connectivity index (χ1) is 19.4. The number of aliphatic hydroxyl groups is 1. The number of hydrogen-bond donors (Lipinski definition) is 1. The van der Waals surface area contributed by atoms with E-state index in [2.05, 4.69) is 10.2 Å². The summed E-state index contributed by atoms with van der Waals surface area (Å²) < 4.78 is 20.2. The maximum Gasteiger partial charge on any atom is 0.301 e. The average molecular weight is 576 g/mol. The number of rotatable bonds is 9. The molecular formula is C30H26FN3O4S2. The van der Waals surface area contributed by atoms with E-state index in [4.69, 9.17) is 4.74 Å². The quantitative estimate of drug-likeness (QED) is 0.0781. The van der Waals surface area contributed by atoms with Gasteiger partial charge in [-0.25, -0.2) is 4.39 Å². The summed E-state index contributed by atoms with van der Waals surface area (Å²) in [6.45, 7) is 4.51. The van der Waals surface area contributed by atoms with Gasteiger partial charge in [0.15, 0.2) is 4.34 Å². The van der Waals surface area contributed by atoms with Crippen LogP contribution in [0, 0.1) is 12.7 Å². The van der Waals surface area contributed by atoms with Crippen molar-refractivity contribution in [3.05, 3.63) is 106 Å². The van der Waals surface area contributed by atoms with Crippen molar-refractivity contribution in [3.63, 3.8) is 0 Å². The maximum absolute atomic E-state index is 14.1. The monoisotopic (exact) mass is 575 g/mol. The van der Waals surface area contributed by atoms with E-state index >= 15 is 0 Å². The Morgan fingerprint density at radius 3 is 2.48 bits per heavy atom. The van der Waals surface area contributed by atoms with Crippen molar-refractivity contribution in [1.29, 1.82) is 0 Å². The molecule has 1 fully saturated rings. The zero-order chi connectivity index (χ0) is 28.2. The minimum absolute atomic E-state index is 0.0353. The first-order valence-electron chi connectivity index (χ1n) is 12.7. The van der Waals surface area contributed by atoms with Gasteiger partial charge in [0.05, 0.1) is 18.2 Å². The molecule has 7 nitrogen and oxygen atoms in total. The Kier molecular flexibility index (Phi) is 8.27. The molecule has 3 aromatic carbocycles. The molecule has 0 radical (unpaired) electrons. The molecule has 10 heteroatoms. The van der Waals surface area contributed by atoms with Crippen LogP contribution in [-0.4, -0.2) is 33.6 Å². The summed E-state index contributed by atoms with van der Waals surface area (Å²) in [5.41, 5.74) is 2.52. The van der Waals surface area contributed by atoms with Crippen LogP contribution >= 0.6 is 23.1 Å². The van der Waals surface area contributed by atoms with Crippen LogP contribution in [0.4, 0.5) is 9.52 Å². The van der Waals surface area contributed by atoms with Gasteiger partial charge in [-0.3, -0.25) is 14.5 Å². The fourth-order valence-corrected chi connectivity index (χ4v) is 6.15. The SMILES string of the molecule is CCCOc1ccc(/C(O)=C2/C(=O)C(=O)N(c3nnc(SCc4ccccc4F)s3)C2c2ccc(C)cc2)cc1. The van der Waals surface area contributed by atoms with E-state index < -0.39 is 17.7 Å². The second kappa shape index (κ2) is 12.0. The lowest BCUT2D eigenvalue weighted by atomic mass is 9.95. The molecule has 1 amide bonds. The second-order valence-electron chi connectivity index (χ2n) is 9.18. The van der Waals surface area contributed by atoms with Crippen molar-refractivity contribution in [1.82, 2.24) is 10.2 Å². The van der Waals surface area contributed by atoms with Crippen molar-refractivity contribution < 1.29 is 23.8 Å². The van der Waals surface area contributed by atoms with E-state index in [0.29, 0.717) is 39.1 Å². The third kappa shape index (κ3) is 5.64. The minimum Gasteiger partial charge on any atom is -0.507 e. The van der Waals surface area contributed by atoms with Gasteiger partial charge < -0.3 is 9.84 Å². The number of hydrogen-bond acceptors (Lipinski definition) is 8. The summed E-state index contributed by atoms with van der Waals surface area (Å²) in [4.78, 5) is 28.1. The van der Waals surface area contributed by atoms with Crippen molar-refractivity contribution in [2.24, 2.45) is 0 Å². The highest BCUT2D eigenvalue weighted by Gasteiger charge is 2.48. The van der Waals surface area contributed by atoms with Crippen LogP contribution < -0.4 is 9.64 Å². The zero-order valence-corrected chi connectivity index (χ0v) is 23.5. The molecule has 1 aromatic heterocycles. The Hall–Kier alpha value is -4.02. The number of benzene rings is 3. The Morgan fingerprint density at radius 2 is 1.77 bits per heavy atom. The van der Waals surface area contributed by atoms with E-state index in [1.165, 1.54) is 22.7 Å². The Balaban J connectivity index is 1.51. The number of aryl methyl sites for hydroxylation is 1. The Morgan fingerprint density at radius 1 is 1.05 bits per heavy atom. The maximum atomic E-state index is 14.1. The average Bonchev–Trinajstić information content (AvgIpc) is 3.53. The van der Waals surface area contributed by atoms with E-state index in [1.807, 2.05) is 38.1 Å². The molecule has 1 aliphatic rings. The molecule has 204 valence electrons. The normalized spacial score (nSPS) is 16.5. The first kappa shape index (κ1) is 27.5. The topological polar surface area (TPSA) is 92.6 Å². The number of amides is 1. The number of halogens is 1. The molecule has 2 heterocycles. The number of aromatic nitrogens is 2. The van der Waals surface area contributed by atoms with Crippen LogP contribution in [-0.2, 0) is 15.3 Å². The molecule has 1 N–H and O–H groups in total. The summed E-state index contributed by atoms with van der Waals surface area (Å²) in [5, 5.41) is 19.9. The van der Waals surface area contributed by atoms with Crippen LogP contribution in [0.5, 0.6) is 5.75 Å². The van der Waals surface area contributed by atoms with E-state index in [0.717, 1.165) is 23.3 Å². The molecule has 1 atom stereocenters. The summed E-state index contributed by atoms with van der Waals surface area (Å²) in [7, 11) is 0. The number of ketones is 1. The van der Waals surface area contributed by atoms with Gasteiger partial charge in [0.1, 0.15) is 17.3 Å². The number of carbonyl (C=O) groups excluding carboxylic acids is 2. The van der Waals surface area contributed by atoms with Gasteiger partial charge in [-0.05, 0) is 54.8 Å². The molecule has 1 saturated heterocycles. The molecule has 1 unspecified atom stereocenters. The number of anilines is 1. The Bertz CT molecular complexity index is 1570. The van der Waals surface area contributed by atoms with Crippen LogP contribution in [0.1, 0.15) is 41.6 Å². The van der Waals surface area contributed by atoms with Gasteiger partial charge in [-0.1, -0.05) is 78.1 Å². The number of nitrogens with zero attached hydrogens (tertiary/aromatic N) is 3. The molecule has 4 aromatic rings. The minimum atomic E-state index is -0.908. The predicted octanol–water partition coefficient (Wildman–Crippen LogP) is 6.69. The van der Waals surface area contributed by atoms with Crippen LogP contribution in [0.15, 0.2) is 82.7 Å². The molecule has 0 saturated carbocycles. The standard InChI is InChI=1S/C30H26FN3O4S2/c1-3-16-38-22-14-12-20(13-15-22)26(35)24-25(19-10-8-18(2)9-11-19)34(28(37)27(24)36)29-32-33-30(40-29)39-17-21-6-4-5-7-23(21)31/h4-15,25,35H,3,16-17H2,1-2H3/b26-24-. The number of aliphatic hydroxyl groups excluding tert-OH is 1. The number of ether oxygens (including phenoxy) is 1. The smallest absolute Gasteiger partial charge is 0.301 e. The molecular weight excluding hydrogens is 549 g/mol. The van der Waals surface area contributed by atoms with E-state index in [9.17, 15) is 19.1 Å². The van der Waals surface area contributed by atoms with Gasteiger partial charge in [-0.2, -0.15) is 0 Å². The van der Waals surface area contributed by atoms with Gasteiger partial charge in [0.2, 0.25) is 5.13 Å². The number of thioether (sulfide) groups is 1. The summed E-state index contributed by atoms with van der Waals surface area (Å²) in [6.07, 6.45) is 0.858. The predicted molar refractivity (Wildman–Crippen MR) is 154 cm³/mol. The van der Waals surface area contributed by atoms with Crippen molar-refractivity contribution in [2.75, 3.05) is 11.5 Å². The highest BCUT2D eigenvalue weighted by Crippen LogP contribution is 2.44. The molecule has 5 rings (SSSR count). The van der Waals surface area contributed by atoms with Gasteiger partial charge >= 0.3 is 5.91 Å². The third-order valence-corrected chi connectivity index (χ3v) is 8.45. The lowest BCUT2D eigenvalue weighted by Crippen LogP contribution is -2.29. The highest BCUT2D eigenvalue weighted by molar-refractivity contribution is 8.00. The molecule has 1 aliphatic heterocycles. The lowest BCUT2D eigenvalue weighted by molar-refractivity contribution is -0.132. The zero-order valence-electron chi connectivity index (χ0n) is 21.8. The molecule has 0 bridgehead atoms. The van der Waals surface area contributed by atoms with Crippen molar-refractivity contribution >= 4 is 45.7 Å². The summed E-state index contributed by atoms with van der Waals surface area (Å²) in [6, 6.07) is 19.7. The van der Waals surface area contributed by atoms with Gasteiger partial charge in [0, 0.05) is 11.3 Å². The van der Waals surface area contributed by atoms with Crippen LogP contribution in [0.3, 0.4) is 0 Å². The van der Waals surface area contributed by atoms with Crippen LogP contribution in [0.2, 0.25) is 0 Å². The summed E-state index contributed by atoms with van der Waals surface area (Å²) in [5.74, 6) is -1.24. The molecule has 40 heavy (non-hydrogen) atoms. The molecule has 0 aliphatic carbocycles. The van der Waals surface area contributed by atoms with E-state index in [1.54, 1.807) is 42.5 Å². The fraction of sp³-hybridized carbons (Fsp3) is 0.200. The lowest BCUT2D eigenvalue weighted by Gasteiger charge is -2.22. The highest BCUT2D eigenvalue weighted by atomic mass is 32.2. The molecule has 0 spiro atoms. The van der Waals surface area contributed by atoms with Crippen molar-refractivity contribution in [3.8, 4) is 5.75 Å². The number of carbonyl (C=O) groups is 2. The second-order valence-corrected chi connectivity index (χ2v) is 11.4. The van der Waals surface area contributed by atoms with Crippen molar-refractivity contribution in [2.45, 2.75) is 36.4 Å². The Labute approximate surface area is 239 Å². The van der Waals surface area contributed by atoms with Gasteiger partial charge in [-0.15, -0.1) is 10.2 Å². The summed E-state index contributed by atoms with van der Waals surface area (Å²) >= 11 is 2.42. The largest absolute Gasteiger partial charge is 0.507 e.